The lowest BCUT2D eigenvalue weighted by Gasteiger charge is -2.24. The molecule has 0 spiro atoms. The number of rotatable bonds is 4. The summed E-state index contributed by atoms with van der Waals surface area (Å²) < 4.78 is 5.81. The second kappa shape index (κ2) is 5.10. The van der Waals surface area contributed by atoms with E-state index in [0.717, 1.165) is 19.6 Å². The van der Waals surface area contributed by atoms with Crippen LogP contribution in [0.5, 0.6) is 0 Å². The summed E-state index contributed by atoms with van der Waals surface area (Å²) in [7, 11) is 2.13. The second-order valence-electron chi connectivity index (χ2n) is 4.62. The summed E-state index contributed by atoms with van der Waals surface area (Å²) in [6.45, 7) is 9.46. The molecule has 0 aliphatic carbocycles. The van der Waals surface area contributed by atoms with Crippen molar-refractivity contribution in [3.8, 4) is 0 Å². The van der Waals surface area contributed by atoms with E-state index in [-0.39, 0.29) is 0 Å². The van der Waals surface area contributed by atoms with Crippen LogP contribution in [0.2, 0.25) is 0 Å². The van der Waals surface area contributed by atoms with Crippen LogP contribution in [0.4, 0.5) is 0 Å². The van der Waals surface area contributed by atoms with Crippen molar-refractivity contribution in [1.82, 2.24) is 4.90 Å². The molecule has 0 bridgehead atoms. The first-order chi connectivity index (χ1) is 6.56. The summed E-state index contributed by atoms with van der Waals surface area (Å²) in [6, 6.07) is 0. The third-order valence-electron chi connectivity index (χ3n) is 3.48. The second-order valence-corrected chi connectivity index (χ2v) is 4.62. The summed E-state index contributed by atoms with van der Waals surface area (Å²) in [5.41, 5.74) is 5.53. The summed E-state index contributed by atoms with van der Waals surface area (Å²) in [5.74, 6) is 1.31. The van der Waals surface area contributed by atoms with Crippen LogP contribution in [0.3, 0.4) is 0 Å². The maximum absolute atomic E-state index is 5.81. The van der Waals surface area contributed by atoms with Crippen LogP contribution >= 0.6 is 0 Å². The Bertz CT molecular complexity index is 175. The Morgan fingerprint density at radius 2 is 1.86 bits per heavy atom. The Morgan fingerprint density at radius 3 is 2.29 bits per heavy atom. The zero-order valence-corrected chi connectivity index (χ0v) is 9.86. The molecular weight excluding hydrogens is 176 g/mol. The van der Waals surface area contributed by atoms with Crippen LogP contribution in [0, 0.1) is 11.8 Å². The largest absolute Gasteiger partial charge is 0.375 e. The van der Waals surface area contributed by atoms with Gasteiger partial charge < -0.3 is 15.4 Å². The SMILES string of the molecule is CC1OC(C)C(CN(C)CCN)C1C. The van der Waals surface area contributed by atoms with Crippen LogP contribution in [0.1, 0.15) is 20.8 Å². The normalized spacial score (nSPS) is 38.1. The third-order valence-corrected chi connectivity index (χ3v) is 3.48. The highest BCUT2D eigenvalue weighted by atomic mass is 16.5. The molecule has 1 aliphatic heterocycles. The van der Waals surface area contributed by atoms with Crippen molar-refractivity contribution in [2.45, 2.75) is 33.0 Å². The minimum Gasteiger partial charge on any atom is -0.375 e. The van der Waals surface area contributed by atoms with E-state index in [0.29, 0.717) is 24.0 Å². The Labute approximate surface area is 87.6 Å². The number of nitrogens with zero attached hydrogens (tertiary/aromatic N) is 1. The van der Waals surface area contributed by atoms with E-state index in [1.165, 1.54) is 0 Å². The van der Waals surface area contributed by atoms with E-state index < -0.39 is 0 Å². The van der Waals surface area contributed by atoms with Gasteiger partial charge in [0.2, 0.25) is 0 Å². The van der Waals surface area contributed by atoms with E-state index in [1.54, 1.807) is 0 Å². The zero-order valence-electron chi connectivity index (χ0n) is 9.86. The molecular formula is C11H24N2O. The molecule has 1 rings (SSSR count). The molecule has 1 heterocycles. The molecule has 0 aromatic carbocycles. The minimum atomic E-state index is 0.389. The summed E-state index contributed by atoms with van der Waals surface area (Å²) in [6.07, 6.45) is 0.793. The van der Waals surface area contributed by atoms with Gasteiger partial charge in [0.15, 0.2) is 0 Å². The maximum Gasteiger partial charge on any atom is 0.0594 e. The van der Waals surface area contributed by atoms with Crippen molar-refractivity contribution < 1.29 is 4.74 Å². The quantitative estimate of drug-likeness (QED) is 0.734. The number of hydrogen-bond acceptors (Lipinski definition) is 3. The highest BCUT2D eigenvalue weighted by Crippen LogP contribution is 2.32. The van der Waals surface area contributed by atoms with Gasteiger partial charge in [-0.3, -0.25) is 0 Å². The molecule has 2 N–H and O–H groups in total. The van der Waals surface area contributed by atoms with Gasteiger partial charge in [-0.25, -0.2) is 0 Å². The topological polar surface area (TPSA) is 38.5 Å². The molecule has 4 unspecified atom stereocenters. The van der Waals surface area contributed by atoms with Crippen LogP contribution in [-0.4, -0.2) is 43.8 Å². The van der Waals surface area contributed by atoms with Crippen LogP contribution in [-0.2, 0) is 4.74 Å². The van der Waals surface area contributed by atoms with Gasteiger partial charge in [-0.05, 0) is 26.8 Å². The fraction of sp³-hybridized carbons (Fsp3) is 1.00. The lowest BCUT2D eigenvalue weighted by atomic mass is 9.89. The molecule has 1 aliphatic rings. The van der Waals surface area contributed by atoms with E-state index in [4.69, 9.17) is 10.5 Å². The molecule has 0 saturated carbocycles. The van der Waals surface area contributed by atoms with Crippen molar-refractivity contribution in [3.05, 3.63) is 0 Å². The first kappa shape index (κ1) is 12.0. The van der Waals surface area contributed by atoms with Gasteiger partial charge in [-0.2, -0.15) is 0 Å². The number of likely N-dealkylation sites (N-methyl/N-ethyl adjacent to an activating group) is 1. The van der Waals surface area contributed by atoms with Crippen molar-refractivity contribution in [2.75, 3.05) is 26.7 Å². The van der Waals surface area contributed by atoms with Gasteiger partial charge in [0.05, 0.1) is 12.2 Å². The molecule has 3 nitrogen and oxygen atoms in total. The van der Waals surface area contributed by atoms with E-state index >= 15 is 0 Å². The molecule has 84 valence electrons. The number of nitrogens with two attached hydrogens (primary N) is 1. The van der Waals surface area contributed by atoms with Crippen molar-refractivity contribution in [1.29, 1.82) is 0 Å². The van der Waals surface area contributed by atoms with Crippen molar-refractivity contribution in [3.63, 3.8) is 0 Å². The molecule has 0 aromatic rings. The van der Waals surface area contributed by atoms with Gasteiger partial charge in [-0.15, -0.1) is 0 Å². The summed E-state index contributed by atoms with van der Waals surface area (Å²) in [5, 5.41) is 0. The molecule has 1 saturated heterocycles. The lowest BCUT2D eigenvalue weighted by molar-refractivity contribution is 0.0483. The molecule has 3 heteroatoms. The van der Waals surface area contributed by atoms with Crippen LogP contribution in [0.25, 0.3) is 0 Å². The predicted octanol–water partition coefficient (Wildman–Crippen LogP) is 0.936. The van der Waals surface area contributed by atoms with Crippen molar-refractivity contribution >= 4 is 0 Å². The highest BCUT2D eigenvalue weighted by molar-refractivity contribution is 4.85. The van der Waals surface area contributed by atoms with Gasteiger partial charge in [-0.1, -0.05) is 6.92 Å². The van der Waals surface area contributed by atoms with Crippen molar-refractivity contribution in [2.24, 2.45) is 17.6 Å². The molecule has 14 heavy (non-hydrogen) atoms. The average Bonchev–Trinajstić information content (AvgIpc) is 2.33. The van der Waals surface area contributed by atoms with E-state index in [2.05, 4.69) is 32.7 Å². The molecule has 0 amide bonds. The Morgan fingerprint density at radius 1 is 1.21 bits per heavy atom. The summed E-state index contributed by atoms with van der Waals surface area (Å²) >= 11 is 0. The summed E-state index contributed by atoms with van der Waals surface area (Å²) in [4.78, 5) is 2.30. The molecule has 0 aromatic heterocycles. The number of hydrogen-bond donors (Lipinski definition) is 1. The fourth-order valence-electron chi connectivity index (χ4n) is 2.33. The predicted molar refractivity (Wildman–Crippen MR) is 59.2 cm³/mol. The van der Waals surface area contributed by atoms with Crippen LogP contribution in [0.15, 0.2) is 0 Å². The third kappa shape index (κ3) is 2.69. The van der Waals surface area contributed by atoms with E-state index in [9.17, 15) is 0 Å². The monoisotopic (exact) mass is 200 g/mol. The number of ether oxygens (including phenoxy) is 1. The Hall–Kier alpha value is -0.120. The maximum atomic E-state index is 5.81. The van der Waals surface area contributed by atoms with Gasteiger partial charge in [0.25, 0.3) is 0 Å². The lowest BCUT2D eigenvalue weighted by Crippen LogP contribution is -2.35. The molecule has 4 atom stereocenters. The minimum absolute atomic E-state index is 0.389. The van der Waals surface area contributed by atoms with Crippen LogP contribution < -0.4 is 5.73 Å². The molecule has 0 radical (unpaired) electrons. The Balaban J connectivity index is 2.43. The van der Waals surface area contributed by atoms with Gasteiger partial charge >= 0.3 is 0 Å². The first-order valence-corrected chi connectivity index (χ1v) is 5.60. The van der Waals surface area contributed by atoms with Gasteiger partial charge in [0, 0.05) is 25.6 Å². The average molecular weight is 200 g/mol. The Kier molecular flexibility index (Phi) is 4.35. The standard InChI is InChI=1S/C11H24N2O/c1-8-9(2)14-10(3)11(8)7-13(4)6-5-12/h8-11H,5-7,12H2,1-4H3. The smallest absolute Gasteiger partial charge is 0.0594 e. The fourth-order valence-corrected chi connectivity index (χ4v) is 2.33. The molecule has 1 fully saturated rings. The zero-order chi connectivity index (χ0) is 10.7. The first-order valence-electron chi connectivity index (χ1n) is 5.60. The highest BCUT2D eigenvalue weighted by Gasteiger charge is 2.36. The van der Waals surface area contributed by atoms with E-state index in [1.807, 2.05) is 0 Å². The van der Waals surface area contributed by atoms with Gasteiger partial charge in [0.1, 0.15) is 0 Å².